The van der Waals surface area contributed by atoms with Crippen molar-refractivity contribution < 1.29 is 23.5 Å². The van der Waals surface area contributed by atoms with E-state index in [1.54, 1.807) is 12.1 Å². The third-order valence-electron chi connectivity index (χ3n) is 4.41. The molecule has 0 saturated heterocycles. The molecule has 7 nitrogen and oxygen atoms in total. The lowest BCUT2D eigenvalue weighted by atomic mass is 10.1. The van der Waals surface area contributed by atoms with E-state index in [0.717, 1.165) is 12.8 Å². The molecule has 2 aromatic carbocycles. The summed E-state index contributed by atoms with van der Waals surface area (Å²) in [6.45, 7) is 5.58. The van der Waals surface area contributed by atoms with Crippen molar-refractivity contribution in [3.63, 3.8) is 0 Å². The molecule has 0 aliphatic rings. The molecule has 160 valence electrons. The van der Waals surface area contributed by atoms with Crippen molar-refractivity contribution in [2.45, 2.75) is 19.8 Å². The first-order valence-electron chi connectivity index (χ1n) is 9.89. The largest absolute Gasteiger partial charge is 0.482 e. The number of hydrogen-bond donors (Lipinski definition) is 1. The first-order chi connectivity index (χ1) is 15.0. The number of benzene rings is 2. The number of carbonyl (C=O) groups excluding carboxylic acids is 2. The number of esters is 1. The van der Waals surface area contributed by atoms with Crippen LogP contribution < -0.4 is 20.4 Å². The van der Waals surface area contributed by atoms with Crippen LogP contribution in [0.3, 0.4) is 0 Å². The van der Waals surface area contributed by atoms with Gasteiger partial charge < -0.3 is 19.2 Å². The zero-order valence-electron chi connectivity index (χ0n) is 17.2. The van der Waals surface area contributed by atoms with Crippen LogP contribution in [0.15, 0.2) is 70.4 Å². The highest BCUT2D eigenvalue weighted by molar-refractivity contribution is 5.96. The standard InChI is InChI=1S/C24H23NO6/c1-3-5-16-6-9-18(10-7-16)29-15-22(26)30-19-11-8-17-13-20(23(27)25-12-4-2)24(28)31-21(17)14-19/h4,6-11,13-14H,2-3,5,12,15H2,1H3,(H,25,27). The molecule has 0 saturated carbocycles. The highest BCUT2D eigenvalue weighted by Gasteiger charge is 2.14. The Hall–Kier alpha value is -3.87. The Labute approximate surface area is 179 Å². The van der Waals surface area contributed by atoms with Crippen LogP contribution >= 0.6 is 0 Å². The predicted molar refractivity (Wildman–Crippen MR) is 117 cm³/mol. The number of nitrogens with one attached hydrogen (secondary N) is 1. The molecule has 0 radical (unpaired) electrons. The maximum atomic E-state index is 12.1. The Morgan fingerprint density at radius 1 is 1.10 bits per heavy atom. The zero-order chi connectivity index (χ0) is 22.2. The van der Waals surface area contributed by atoms with E-state index in [1.807, 2.05) is 24.3 Å². The molecule has 0 unspecified atom stereocenters. The van der Waals surface area contributed by atoms with Crippen LogP contribution in [0.1, 0.15) is 29.3 Å². The van der Waals surface area contributed by atoms with E-state index in [-0.39, 0.29) is 30.0 Å². The van der Waals surface area contributed by atoms with Gasteiger partial charge in [-0.1, -0.05) is 31.6 Å². The van der Waals surface area contributed by atoms with Gasteiger partial charge in [0.1, 0.15) is 22.6 Å². The molecule has 1 N–H and O–H groups in total. The molecule has 7 heteroatoms. The third kappa shape index (κ3) is 5.82. The molecule has 0 atom stereocenters. The van der Waals surface area contributed by atoms with Crippen LogP contribution in [0.2, 0.25) is 0 Å². The molecule has 1 amide bonds. The molecular weight excluding hydrogens is 398 g/mol. The molecule has 3 rings (SSSR count). The van der Waals surface area contributed by atoms with Crippen molar-refractivity contribution in [3.8, 4) is 11.5 Å². The van der Waals surface area contributed by atoms with E-state index in [0.29, 0.717) is 11.1 Å². The highest BCUT2D eigenvalue weighted by atomic mass is 16.6. The van der Waals surface area contributed by atoms with Gasteiger partial charge in [-0.3, -0.25) is 4.79 Å². The Morgan fingerprint density at radius 2 is 1.84 bits per heavy atom. The lowest BCUT2D eigenvalue weighted by Gasteiger charge is -2.08. The fourth-order valence-electron chi connectivity index (χ4n) is 2.92. The van der Waals surface area contributed by atoms with Gasteiger partial charge in [0.15, 0.2) is 6.61 Å². The normalized spacial score (nSPS) is 10.5. The van der Waals surface area contributed by atoms with Crippen LogP contribution in [0.5, 0.6) is 11.5 Å². The second kappa shape index (κ2) is 10.2. The van der Waals surface area contributed by atoms with Crippen LogP contribution in [-0.4, -0.2) is 25.0 Å². The highest BCUT2D eigenvalue weighted by Crippen LogP contribution is 2.21. The Bertz CT molecular complexity index is 1150. The molecule has 31 heavy (non-hydrogen) atoms. The van der Waals surface area contributed by atoms with Crippen molar-refractivity contribution in [1.82, 2.24) is 5.32 Å². The summed E-state index contributed by atoms with van der Waals surface area (Å²) in [5.74, 6) is -0.374. The van der Waals surface area contributed by atoms with Crippen LogP contribution in [0.4, 0.5) is 0 Å². The monoisotopic (exact) mass is 421 g/mol. The van der Waals surface area contributed by atoms with Gasteiger partial charge in [-0.15, -0.1) is 6.58 Å². The molecule has 0 aliphatic heterocycles. The van der Waals surface area contributed by atoms with Crippen LogP contribution in [0.25, 0.3) is 11.0 Å². The SMILES string of the molecule is C=CCNC(=O)c1cc2ccc(OC(=O)COc3ccc(CCC)cc3)cc2oc1=O. The summed E-state index contributed by atoms with van der Waals surface area (Å²) in [7, 11) is 0. The first kappa shape index (κ1) is 21.8. The van der Waals surface area contributed by atoms with Crippen molar-refractivity contribution in [2.24, 2.45) is 0 Å². The smallest absolute Gasteiger partial charge is 0.349 e. The number of ether oxygens (including phenoxy) is 2. The first-order valence-corrected chi connectivity index (χ1v) is 9.89. The van der Waals surface area contributed by atoms with Crippen LogP contribution in [0, 0.1) is 0 Å². The van der Waals surface area contributed by atoms with Gasteiger partial charge in [0.05, 0.1) is 0 Å². The number of amides is 1. The fraction of sp³-hybridized carbons (Fsp3) is 0.208. The molecule has 0 bridgehead atoms. The minimum Gasteiger partial charge on any atom is -0.482 e. The molecule has 3 aromatic rings. The topological polar surface area (TPSA) is 94.8 Å². The number of fused-ring (bicyclic) bond motifs is 1. The number of carbonyl (C=O) groups is 2. The average molecular weight is 421 g/mol. The molecule has 1 aromatic heterocycles. The molecule has 0 aliphatic carbocycles. The molecule has 0 spiro atoms. The van der Waals surface area contributed by atoms with Gasteiger partial charge in [0, 0.05) is 18.0 Å². The Balaban J connectivity index is 1.64. The van der Waals surface area contributed by atoms with E-state index in [2.05, 4.69) is 18.8 Å². The minimum absolute atomic E-state index is 0.113. The number of aryl methyl sites for hydroxylation is 1. The summed E-state index contributed by atoms with van der Waals surface area (Å²) < 4.78 is 15.9. The summed E-state index contributed by atoms with van der Waals surface area (Å²) in [6.07, 6.45) is 3.55. The van der Waals surface area contributed by atoms with Gasteiger partial charge in [0.2, 0.25) is 0 Å². The van der Waals surface area contributed by atoms with E-state index in [1.165, 1.54) is 23.8 Å². The van der Waals surface area contributed by atoms with Gasteiger partial charge >= 0.3 is 11.6 Å². The lowest BCUT2D eigenvalue weighted by molar-refractivity contribution is -0.136. The molecular formula is C24H23NO6. The van der Waals surface area contributed by atoms with Crippen molar-refractivity contribution in [1.29, 1.82) is 0 Å². The number of rotatable bonds is 9. The maximum absolute atomic E-state index is 12.1. The quantitative estimate of drug-likeness (QED) is 0.245. The maximum Gasteiger partial charge on any atom is 0.349 e. The fourth-order valence-corrected chi connectivity index (χ4v) is 2.92. The van der Waals surface area contributed by atoms with Gasteiger partial charge in [-0.25, -0.2) is 9.59 Å². The van der Waals surface area contributed by atoms with Gasteiger partial charge in [-0.05, 0) is 42.3 Å². The summed E-state index contributed by atoms with van der Waals surface area (Å²) >= 11 is 0. The second-order valence-electron chi connectivity index (χ2n) is 6.80. The lowest BCUT2D eigenvalue weighted by Crippen LogP contribution is -2.28. The van der Waals surface area contributed by atoms with E-state index < -0.39 is 17.5 Å². The molecule has 1 heterocycles. The van der Waals surface area contributed by atoms with Crippen LogP contribution in [-0.2, 0) is 11.2 Å². The van der Waals surface area contributed by atoms with Crippen molar-refractivity contribution >= 4 is 22.8 Å². The number of hydrogen-bond acceptors (Lipinski definition) is 6. The van der Waals surface area contributed by atoms with E-state index in [4.69, 9.17) is 13.9 Å². The van der Waals surface area contributed by atoms with E-state index >= 15 is 0 Å². The minimum atomic E-state index is -0.785. The second-order valence-corrected chi connectivity index (χ2v) is 6.80. The molecule has 0 fully saturated rings. The average Bonchev–Trinajstić information content (AvgIpc) is 2.76. The third-order valence-corrected chi connectivity index (χ3v) is 4.41. The Morgan fingerprint density at radius 3 is 2.55 bits per heavy atom. The zero-order valence-corrected chi connectivity index (χ0v) is 17.2. The van der Waals surface area contributed by atoms with Crippen molar-refractivity contribution in [3.05, 3.63) is 82.7 Å². The summed E-state index contributed by atoms with van der Waals surface area (Å²) in [4.78, 5) is 36.2. The van der Waals surface area contributed by atoms with E-state index in [9.17, 15) is 14.4 Å². The predicted octanol–water partition coefficient (Wildman–Crippen LogP) is 3.65. The summed E-state index contributed by atoms with van der Waals surface area (Å²) in [6, 6.07) is 13.5. The Kier molecular flexibility index (Phi) is 7.22. The van der Waals surface area contributed by atoms with Gasteiger partial charge in [-0.2, -0.15) is 0 Å². The van der Waals surface area contributed by atoms with Gasteiger partial charge in [0.25, 0.3) is 5.91 Å². The summed E-state index contributed by atoms with van der Waals surface area (Å²) in [5, 5.41) is 3.05. The summed E-state index contributed by atoms with van der Waals surface area (Å²) in [5.41, 5.74) is 0.504. The van der Waals surface area contributed by atoms with Crippen molar-refractivity contribution in [2.75, 3.05) is 13.2 Å².